The Bertz CT molecular complexity index is 859. The fourth-order valence-electron chi connectivity index (χ4n) is 2.25. The van der Waals surface area contributed by atoms with Gasteiger partial charge < -0.3 is 20.1 Å². The molecular weight excluding hydrogens is 365 g/mol. The predicted octanol–water partition coefficient (Wildman–Crippen LogP) is 2.42. The van der Waals surface area contributed by atoms with E-state index < -0.39 is 41.5 Å². The van der Waals surface area contributed by atoms with Crippen LogP contribution in [0.4, 0.5) is 18.9 Å². The molecule has 0 bridgehead atoms. The summed E-state index contributed by atoms with van der Waals surface area (Å²) in [4.78, 5) is 23.8. The number of nitrogens with one attached hydrogen (secondary N) is 2. The van der Waals surface area contributed by atoms with Gasteiger partial charge in [0.1, 0.15) is 11.5 Å². The minimum Gasteiger partial charge on any atom is -0.497 e. The van der Waals surface area contributed by atoms with Gasteiger partial charge in [-0.2, -0.15) is 0 Å². The van der Waals surface area contributed by atoms with Gasteiger partial charge >= 0.3 is 0 Å². The summed E-state index contributed by atoms with van der Waals surface area (Å²) in [5, 5.41) is 4.41. The van der Waals surface area contributed by atoms with Gasteiger partial charge in [-0.15, -0.1) is 0 Å². The molecule has 0 saturated carbocycles. The molecule has 2 aromatic carbocycles. The summed E-state index contributed by atoms with van der Waals surface area (Å²) >= 11 is 0. The average Bonchev–Trinajstić information content (AvgIpc) is 2.66. The zero-order valence-corrected chi connectivity index (χ0v) is 14.6. The normalized spacial score (nSPS) is 10.3. The van der Waals surface area contributed by atoms with E-state index in [1.165, 1.54) is 14.2 Å². The smallest absolute Gasteiger partial charge is 0.243 e. The van der Waals surface area contributed by atoms with E-state index in [-0.39, 0.29) is 6.42 Å². The number of rotatable bonds is 7. The van der Waals surface area contributed by atoms with Crippen LogP contribution in [0.25, 0.3) is 0 Å². The van der Waals surface area contributed by atoms with E-state index in [4.69, 9.17) is 9.47 Å². The summed E-state index contributed by atoms with van der Waals surface area (Å²) in [7, 11) is 2.93. The first-order valence-corrected chi connectivity index (χ1v) is 7.76. The first-order valence-electron chi connectivity index (χ1n) is 7.76. The number of ether oxygens (including phenoxy) is 2. The lowest BCUT2D eigenvalue weighted by Crippen LogP contribution is -2.34. The summed E-state index contributed by atoms with van der Waals surface area (Å²) < 4.78 is 49.8. The molecular formula is C18H17F3N2O4. The summed E-state index contributed by atoms with van der Waals surface area (Å²) in [6, 6.07) is 6.50. The molecule has 0 aliphatic carbocycles. The number of benzene rings is 2. The molecule has 2 rings (SSSR count). The number of hydrogen-bond acceptors (Lipinski definition) is 4. The van der Waals surface area contributed by atoms with Gasteiger partial charge in [0, 0.05) is 5.56 Å². The van der Waals surface area contributed by atoms with Crippen LogP contribution in [0.3, 0.4) is 0 Å². The highest BCUT2D eigenvalue weighted by Gasteiger charge is 2.16. The second-order valence-electron chi connectivity index (χ2n) is 5.40. The molecule has 2 amide bonds. The van der Waals surface area contributed by atoms with Gasteiger partial charge in [-0.25, -0.2) is 13.2 Å². The molecule has 0 aliphatic rings. The highest BCUT2D eigenvalue weighted by Crippen LogP contribution is 2.24. The number of halogens is 3. The predicted molar refractivity (Wildman–Crippen MR) is 91.2 cm³/mol. The molecule has 144 valence electrons. The van der Waals surface area contributed by atoms with Crippen molar-refractivity contribution in [2.24, 2.45) is 0 Å². The summed E-state index contributed by atoms with van der Waals surface area (Å²) in [5.41, 5.74) is 0.0176. The van der Waals surface area contributed by atoms with Crippen molar-refractivity contribution in [1.29, 1.82) is 0 Å². The molecule has 0 fully saturated rings. The molecule has 0 spiro atoms. The lowest BCUT2D eigenvalue weighted by Gasteiger charge is -2.11. The van der Waals surface area contributed by atoms with Crippen LogP contribution >= 0.6 is 0 Å². The largest absolute Gasteiger partial charge is 0.497 e. The van der Waals surface area contributed by atoms with Crippen molar-refractivity contribution in [2.45, 2.75) is 6.42 Å². The first kappa shape index (κ1) is 20.1. The van der Waals surface area contributed by atoms with Gasteiger partial charge in [0.05, 0.1) is 32.9 Å². The Morgan fingerprint density at radius 3 is 2.37 bits per heavy atom. The van der Waals surface area contributed by atoms with Gasteiger partial charge in [-0.3, -0.25) is 9.59 Å². The zero-order valence-electron chi connectivity index (χ0n) is 14.6. The third-order valence-corrected chi connectivity index (χ3v) is 3.59. The molecule has 27 heavy (non-hydrogen) atoms. The van der Waals surface area contributed by atoms with Crippen LogP contribution < -0.4 is 20.1 Å². The lowest BCUT2D eigenvalue weighted by atomic mass is 10.1. The quantitative estimate of drug-likeness (QED) is 0.721. The van der Waals surface area contributed by atoms with Crippen LogP contribution in [0.2, 0.25) is 0 Å². The van der Waals surface area contributed by atoms with Crippen LogP contribution in [-0.2, 0) is 16.0 Å². The topological polar surface area (TPSA) is 76.7 Å². The van der Waals surface area contributed by atoms with Gasteiger partial charge in [0.15, 0.2) is 17.5 Å². The molecule has 0 aromatic heterocycles. The second kappa shape index (κ2) is 8.93. The minimum atomic E-state index is -1.69. The Balaban J connectivity index is 1.94. The fourth-order valence-corrected chi connectivity index (χ4v) is 2.25. The SMILES string of the molecule is COc1ccc(OC)c(CC(=O)NCC(=O)Nc2ccc(F)c(F)c2F)c1. The zero-order chi connectivity index (χ0) is 20.0. The monoisotopic (exact) mass is 382 g/mol. The van der Waals surface area contributed by atoms with Gasteiger partial charge in [-0.05, 0) is 30.3 Å². The van der Waals surface area contributed by atoms with Crippen molar-refractivity contribution in [2.75, 3.05) is 26.1 Å². The summed E-state index contributed by atoms with van der Waals surface area (Å²) in [5.74, 6) is -4.87. The Kier molecular flexibility index (Phi) is 6.64. The molecule has 0 aliphatic heterocycles. The number of methoxy groups -OCH3 is 2. The van der Waals surface area contributed by atoms with Crippen molar-refractivity contribution in [3.8, 4) is 11.5 Å². The maximum atomic E-state index is 13.5. The van der Waals surface area contributed by atoms with Crippen molar-refractivity contribution >= 4 is 17.5 Å². The highest BCUT2D eigenvalue weighted by molar-refractivity contribution is 5.94. The molecule has 0 heterocycles. The van der Waals surface area contributed by atoms with E-state index in [0.717, 1.165) is 6.07 Å². The average molecular weight is 382 g/mol. The first-order chi connectivity index (χ1) is 12.8. The molecule has 0 atom stereocenters. The maximum Gasteiger partial charge on any atom is 0.243 e. The van der Waals surface area contributed by atoms with E-state index in [2.05, 4.69) is 10.6 Å². The Morgan fingerprint density at radius 2 is 1.70 bits per heavy atom. The number of carbonyl (C=O) groups is 2. The standard InChI is InChI=1S/C18H17F3N2O4/c1-26-11-3-6-14(27-2)10(7-11)8-15(24)22-9-16(25)23-13-5-4-12(19)17(20)18(13)21/h3-7H,8-9H2,1-2H3,(H,22,24)(H,23,25). The van der Waals surface area contributed by atoms with Crippen LogP contribution in [-0.4, -0.2) is 32.6 Å². The van der Waals surface area contributed by atoms with Crippen molar-refractivity contribution < 1.29 is 32.2 Å². The van der Waals surface area contributed by atoms with Crippen molar-refractivity contribution in [3.63, 3.8) is 0 Å². The molecule has 9 heteroatoms. The molecule has 0 unspecified atom stereocenters. The second-order valence-corrected chi connectivity index (χ2v) is 5.40. The number of carbonyl (C=O) groups excluding carboxylic acids is 2. The van der Waals surface area contributed by atoms with Crippen LogP contribution in [0, 0.1) is 17.5 Å². The third kappa shape index (κ3) is 5.13. The Morgan fingerprint density at radius 1 is 0.963 bits per heavy atom. The van der Waals surface area contributed by atoms with Crippen LogP contribution in [0.1, 0.15) is 5.56 Å². The van der Waals surface area contributed by atoms with E-state index in [1.807, 2.05) is 0 Å². The van der Waals surface area contributed by atoms with Gasteiger partial charge in [-0.1, -0.05) is 0 Å². The number of hydrogen-bond donors (Lipinski definition) is 2. The van der Waals surface area contributed by atoms with Crippen LogP contribution in [0.15, 0.2) is 30.3 Å². The number of amides is 2. The van der Waals surface area contributed by atoms with Crippen molar-refractivity contribution in [3.05, 3.63) is 53.3 Å². The van der Waals surface area contributed by atoms with Crippen LogP contribution in [0.5, 0.6) is 11.5 Å². The third-order valence-electron chi connectivity index (χ3n) is 3.59. The number of anilines is 1. The maximum absolute atomic E-state index is 13.5. The summed E-state index contributed by atoms with van der Waals surface area (Å²) in [6.07, 6.45) is -0.0901. The highest BCUT2D eigenvalue weighted by atomic mass is 19.2. The fraction of sp³-hybridized carbons (Fsp3) is 0.222. The minimum absolute atomic E-state index is 0.0901. The summed E-state index contributed by atoms with van der Waals surface area (Å²) in [6.45, 7) is -0.483. The van der Waals surface area contributed by atoms with E-state index >= 15 is 0 Å². The Hall–Kier alpha value is -3.23. The molecule has 6 nitrogen and oxygen atoms in total. The van der Waals surface area contributed by atoms with Crippen molar-refractivity contribution in [1.82, 2.24) is 5.32 Å². The molecule has 2 N–H and O–H groups in total. The molecule has 0 saturated heterocycles. The van der Waals surface area contributed by atoms with Gasteiger partial charge in [0.2, 0.25) is 11.8 Å². The van der Waals surface area contributed by atoms with E-state index in [1.54, 1.807) is 18.2 Å². The van der Waals surface area contributed by atoms with Gasteiger partial charge in [0.25, 0.3) is 0 Å². The van der Waals surface area contributed by atoms with E-state index in [0.29, 0.717) is 23.1 Å². The van der Waals surface area contributed by atoms with E-state index in [9.17, 15) is 22.8 Å². The molecule has 0 radical (unpaired) electrons. The Labute approximate surface area is 153 Å². The lowest BCUT2D eigenvalue weighted by molar-refractivity contribution is -0.123. The molecule has 2 aromatic rings.